The molecule has 0 fully saturated rings. The molecule has 1 unspecified atom stereocenters. The van der Waals surface area contributed by atoms with Gasteiger partial charge in [0.05, 0.1) is 7.11 Å². The van der Waals surface area contributed by atoms with Crippen LogP contribution in [0.2, 0.25) is 10.0 Å². The lowest BCUT2D eigenvalue weighted by molar-refractivity contribution is 0.397. The van der Waals surface area contributed by atoms with Gasteiger partial charge in [-0.3, -0.25) is 0 Å². The van der Waals surface area contributed by atoms with Crippen LogP contribution in [0.3, 0.4) is 0 Å². The second kappa shape index (κ2) is 6.93. The minimum Gasteiger partial charge on any atom is -0.481 e. The monoisotopic (exact) mass is 310 g/mol. The topological polar surface area (TPSA) is 48.1 Å². The smallest absolute Gasteiger partial charge is 0.212 e. The van der Waals surface area contributed by atoms with Gasteiger partial charge in [-0.1, -0.05) is 35.3 Å². The maximum atomic E-state index is 6.16. The Labute approximate surface area is 128 Å². The zero-order valence-corrected chi connectivity index (χ0v) is 12.7. The first-order valence-electron chi connectivity index (χ1n) is 6.27. The first kappa shape index (κ1) is 15.1. The van der Waals surface area contributed by atoms with Gasteiger partial charge in [0.1, 0.15) is 0 Å². The third-order valence-corrected chi connectivity index (χ3v) is 3.59. The minimum absolute atomic E-state index is 0.0242. The molecule has 0 bridgehead atoms. The summed E-state index contributed by atoms with van der Waals surface area (Å²) in [4.78, 5) is 4.17. The van der Waals surface area contributed by atoms with E-state index in [0.29, 0.717) is 22.3 Å². The molecule has 1 heterocycles. The molecule has 1 aromatic carbocycles. The number of hydrogen-bond acceptors (Lipinski definition) is 3. The number of nitrogens with two attached hydrogens (primary N) is 1. The largest absolute Gasteiger partial charge is 0.481 e. The highest BCUT2D eigenvalue weighted by molar-refractivity contribution is 6.35. The Morgan fingerprint density at radius 3 is 2.60 bits per heavy atom. The molecule has 20 heavy (non-hydrogen) atoms. The molecule has 2 rings (SSSR count). The lowest BCUT2D eigenvalue weighted by Crippen LogP contribution is -2.25. The van der Waals surface area contributed by atoms with Gasteiger partial charge in [-0.05, 0) is 36.1 Å². The van der Waals surface area contributed by atoms with Crippen LogP contribution in [0.4, 0.5) is 0 Å². The number of aromatic nitrogens is 1. The van der Waals surface area contributed by atoms with E-state index in [9.17, 15) is 0 Å². The number of pyridine rings is 1. The number of ether oxygens (including phenoxy) is 1. The van der Waals surface area contributed by atoms with Crippen LogP contribution in [0.1, 0.15) is 11.1 Å². The summed E-state index contributed by atoms with van der Waals surface area (Å²) in [6.45, 7) is 0. The lowest BCUT2D eigenvalue weighted by Gasteiger charge is -2.13. The average molecular weight is 311 g/mol. The summed E-state index contributed by atoms with van der Waals surface area (Å²) in [6, 6.07) is 9.25. The third kappa shape index (κ3) is 4.10. The predicted molar refractivity (Wildman–Crippen MR) is 82.6 cm³/mol. The molecule has 0 saturated heterocycles. The van der Waals surface area contributed by atoms with Crippen LogP contribution in [0.15, 0.2) is 36.5 Å². The first-order chi connectivity index (χ1) is 9.58. The Hall–Kier alpha value is -1.29. The van der Waals surface area contributed by atoms with E-state index >= 15 is 0 Å². The molecule has 3 nitrogen and oxygen atoms in total. The normalized spacial score (nSPS) is 12.2. The van der Waals surface area contributed by atoms with Gasteiger partial charge < -0.3 is 10.5 Å². The van der Waals surface area contributed by atoms with Crippen molar-refractivity contribution in [3.05, 3.63) is 57.7 Å². The van der Waals surface area contributed by atoms with Gasteiger partial charge in [-0.15, -0.1) is 0 Å². The van der Waals surface area contributed by atoms with Gasteiger partial charge in [-0.2, -0.15) is 0 Å². The second-order valence-corrected chi connectivity index (χ2v) is 5.46. The van der Waals surface area contributed by atoms with Crippen molar-refractivity contribution in [1.82, 2.24) is 4.98 Å². The van der Waals surface area contributed by atoms with Crippen LogP contribution in [0, 0.1) is 0 Å². The zero-order chi connectivity index (χ0) is 14.5. The summed E-state index contributed by atoms with van der Waals surface area (Å²) < 4.78 is 5.02. The number of hydrogen-bond donors (Lipinski definition) is 1. The number of halogens is 2. The molecule has 2 aromatic rings. The van der Waals surface area contributed by atoms with Crippen molar-refractivity contribution >= 4 is 23.2 Å². The Morgan fingerprint density at radius 2 is 2.00 bits per heavy atom. The first-order valence-corrected chi connectivity index (χ1v) is 7.02. The molecule has 5 heteroatoms. The summed E-state index contributed by atoms with van der Waals surface area (Å²) in [7, 11) is 1.59. The highest BCUT2D eigenvalue weighted by Gasteiger charge is 2.09. The SMILES string of the molecule is COc1ccc(CC(N)Cc2ccc(Cl)cc2Cl)cn1. The molecular formula is C15H16Cl2N2O. The Bertz CT molecular complexity index is 573. The van der Waals surface area contributed by atoms with Crippen LogP contribution in [0.25, 0.3) is 0 Å². The molecule has 0 radical (unpaired) electrons. The molecule has 0 amide bonds. The standard InChI is InChI=1S/C15H16Cl2N2O/c1-20-15-5-2-10(9-19-15)6-13(18)7-11-3-4-12(16)8-14(11)17/h2-5,8-9,13H,6-7,18H2,1H3. The van der Waals surface area contributed by atoms with Crippen molar-refractivity contribution in [3.63, 3.8) is 0 Å². The van der Waals surface area contributed by atoms with E-state index in [0.717, 1.165) is 17.5 Å². The quantitative estimate of drug-likeness (QED) is 0.919. The van der Waals surface area contributed by atoms with Crippen molar-refractivity contribution in [2.45, 2.75) is 18.9 Å². The van der Waals surface area contributed by atoms with E-state index < -0.39 is 0 Å². The molecule has 106 valence electrons. The van der Waals surface area contributed by atoms with E-state index in [4.69, 9.17) is 33.7 Å². The van der Waals surface area contributed by atoms with Gasteiger partial charge in [0.25, 0.3) is 0 Å². The van der Waals surface area contributed by atoms with Crippen LogP contribution in [-0.4, -0.2) is 18.1 Å². The van der Waals surface area contributed by atoms with Gasteiger partial charge in [0.2, 0.25) is 5.88 Å². The van der Waals surface area contributed by atoms with Gasteiger partial charge >= 0.3 is 0 Å². The number of benzene rings is 1. The van der Waals surface area contributed by atoms with E-state index in [1.54, 1.807) is 19.4 Å². The summed E-state index contributed by atoms with van der Waals surface area (Å²) in [5.41, 5.74) is 8.24. The van der Waals surface area contributed by atoms with E-state index in [-0.39, 0.29) is 6.04 Å². The van der Waals surface area contributed by atoms with Crippen LogP contribution < -0.4 is 10.5 Å². The van der Waals surface area contributed by atoms with Crippen molar-refractivity contribution in [2.75, 3.05) is 7.11 Å². The fraction of sp³-hybridized carbons (Fsp3) is 0.267. The molecule has 0 saturated carbocycles. The fourth-order valence-corrected chi connectivity index (χ4v) is 2.48. The van der Waals surface area contributed by atoms with Crippen LogP contribution >= 0.6 is 23.2 Å². The van der Waals surface area contributed by atoms with E-state index in [1.807, 2.05) is 24.3 Å². The van der Waals surface area contributed by atoms with Crippen molar-refractivity contribution < 1.29 is 4.74 Å². The molecular weight excluding hydrogens is 295 g/mol. The van der Waals surface area contributed by atoms with E-state index in [2.05, 4.69) is 4.98 Å². The van der Waals surface area contributed by atoms with Crippen molar-refractivity contribution in [1.29, 1.82) is 0 Å². The minimum atomic E-state index is -0.0242. The summed E-state index contributed by atoms with van der Waals surface area (Å²) in [5, 5.41) is 1.28. The number of nitrogens with zero attached hydrogens (tertiary/aromatic N) is 1. The molecule has 1 aromatic heterocycles. The van der Waals surface area contributed by atoms with Gasteiger partial charge in [0, 0.05) is 28.4 Å². The highest BCUT2D eigenvalue weighted by atomic mass is 35.5. The summed E-state index contributed by atoms with van der Waals surface area (Å²) in [5.74, 6) is 0.600. The van der Waals surface area contributed by atoms with Crippen LogP contribution in [0.5, 0.6) is 5.88 Å². The second-order valence-electron chi connectivity index (χ2n) is 4.61. The zero-order valence-electron chi connectivity index (χ0n) is 11.1. The summed E-state index contributed by atoms with van der Waals surface area (Å²) in [6.07, 6.45) is 3.21. The Kier molecular flexibility index (Phi) is 5.24. The molecule has 0 spiro atoms. The average Bonchev–Trinajstić information content (AvgIpc) is 2.43. The Balaban J connectivity index is 1.99. The van der Waals surface area contributed by atoms with E-state index in [1.165, 1.54) is 0 Å². The van der Waals surface area contributed by atoms with Gasteiger partial charge in [-0.25, -0.2) is 4.98 Å². The lowest BCUT2D eigenvalue weighted by atomic mass is 10.0. The molecule has 0 aliphatic rings. The maximum absolute atomic E-state index is 6.16. The molecule has 0 aliphatic heterocycles. The van der Waals surface area contributed by atoms with Gasteiger partial charge in [0.15, 0.2) is 0 Å². The molecule has 2 N–H and O–H groups in total. The number of rotatable bonds is 5. The predicted octanol–water partition coefficient (Wildman–Crippen LogP) is 3.51. The van der Waals surface area contributed by atoms with Crippen molar-refractivity contribution in [3.8, 4) is 5.88 Å². The highest BCUT2D eigenvalue weighted by Crippen LogP contribution is 2.22. The molecule has 1 atom stereocenters. The van der Waals surface area contributed by atoms with Crippen LogP contribution in [-0.2, 0) is 12.8 Å². The summed E-state index contributed by atoms with van der Waals surface area (Å²) >= 11 is 12.0. The maximum Gasteiger partial charge on any atom is 0.212 e. The third-order valence-electron chi connectivity index (χ3n) is 3.00. The number of methoxy groups -OCH3 is 1. The Morgan fingerprint density at radius 1 is 1.20 bits per heavy atom. The fourth-order valence-electron chi connectivity index (χ4n) is 2.00. The van der Waals surface area contributed by atoms with Crippen molar-refractivity contribution in [2.24, 2.45) is 5.73 Å². The molecule has 0 aliphatic carbocycles.